The van der Waals surface area contributed by atoms with Crippen LogP contribution in [0.1, 0.15) is 39.5 Å². The molecule has 0 radical (unpaired) electrons. The zero-order valence-electron chi connectivity index (χ0n) is 12.3. The SMILES string of the molecule is CC(C)(CNC(=O)C1CCCNC1)C1CCOCC1. The molecule has 4 nitrogen and oxygen atoms in total. The Morgan fingerprint density at radius 1 is 1.32 bits per heavy atom. The predicted molar refractivity (Wildman–Crippen MR) is 75.9 cm³/mol. The molecule has 2 aliphatic heterocycles. The number of amides is 1. The van der Waals surface area contributed by atoms with E-state index < -0.39 is 0 Å². The molecule has 19 heavy (non-hydrogen) atoms. The molecule has 4 heteroatoms. The summed E-state index contributed by atoms with van der Waals surface area (Å²) in [6.45, 7) is 8.95. The first kappa shape index (κ1) is 14.8. The Kier molecular flexibility index (Phi) is 5.22. The van der Waals surface area contributed by atoms with Gasteiger partial charge in [0.1, 0.15) is 0 Å². The average Bonchev–Trinajstić information content (AvgIpc) is 2.47. The second-order valence-electron chi connectivity index (χ2n) is 6.64. The molecule has 2 fully saturated rings. The molecule has 2 heterocycles. The van der Waals surface area contributed by atoms with Crippen LogP contribution in [0.4, 0.5) is 0 Å². The van der Waals surface area contributed by atoms with Crippen molar-refractivity contribution in [3.8, 4) is 0 Å². The minimum Gasteiger partial charge on any atom is -0.381 e. The molecule has 0 aromatic carbocycles. The quantitative estimate of drug-likeness (QED) is 0.813. The van der Waals surface area contributed by atoms with Crippen molar-refractivity contribution in [2.45, 2.75) is 39.5 Å². The van der Waals surface area contributed by atoms with Gasteiger partial charge in [0.15, 0.2) is 0 Å². The maximum Gasteiger partial charge on any atom is 0.224 e. The molecular weight excluding hydrogens is 240 g/mol. The molecule has 2 rings (SSSR count). The molecule has 0 spiro atoms. The number of hydrogen-bond acceptors (Lipinski definition) is 3. The molecular formula is C15H28N2O2. The lowest BCUT2D eigenvalue weighted by Gasteiger charge is -2.37. The van der Waals surface area contributed by atoms with Crippen LogP contribution in [0.3, 0.4) is 0 Å². The smallest absolute Gasteiger partial charge is 0.224 e. The molecule has 2 saturated heterocycles. The van der Waals surface area contributed by atoms with Gasteiger partial charge in [0.25, 0.3) is 0 Å². The summed E-state index contributed by atoms with van der Waals surface area (Å²) < 4.78 is 5.42. The number of carbonyl (C=O) groups excluding carboxylic acids is 1. The Morgan fingerprint density at radius 3 is 2.68 bits per heavy atom. The van der Waals surface area contributed by atoms with E-state index in [1.165, 1.54) is 0 Å². The van der Waals surface area contributed by atoms with Gasteiger partial charge in [-0.15, -0.1) is 0 Å². The lowest BCUT2D eigenvalue weighted by atomic mass is 9.74. The van der Waals surface area contributed by atoms with Crippen molar-refractivity contribution in [3.05, 3.63) is 0 Å². The molecule has 110 valence electrons. The van der Waals surface area contributed by atoms with Gasteiger partial charge < -0.3 is 15.4 Å². The van der Waals surface area contributed by atoms with Crippen molar-refractivity contribution in [2.24, 2.45) is 17.3 Å². The van der Waals surface area contributed by atoms with Crippen LogP contribution >= 0.6 is 0 Å². The van der Waals surface area contributed by atoms with Crippen LogP contribution in [-0.2, 0) is 9.53 Å². The van der Waals surface area contributed by atoms with Crippen LogP contribution in [0.5, 0.6) is 0 Å². The zero-order valence-corrected chi connectivity index (χ0v) is 12.3. The van der Waals surface area contributed by atoms with Crippen molar-refractivity contribution in [2.75, 3.05) is 32.8 Å². The van der Waals surface area contributed by atoms with Gasteiger partial charge in [-0.1, -0.05) is 13.8 Å². The Morgan fingerprint density at radius 2 is 2.05 bits per heavy atom. The summed E-state index contributed by atoms with van der Waals surface area (Å²) in [6, 6.07) is 0. The third-order valence-electron chi connectivity index (χ3n) is 4.71. The van der Waals surface area contributed by atoms with Gasteiger partial charge in [-0.2, -0.15) is 0 Å². The zero-order chi connectivity index (χ0) is 13.7. The molecule has 1 amide bonds. The fourth-order valence-electron chi connectivity index (χ4n) is 3.16. The topological polar surface area (TPSA) is 50.4 Å². The molecule has 2 N–H and O–H groups in total. The highest BCUT2D eigenvalue weighted by molar-refractivity contribution is 5.79. The van der Waals surface area contributed by atoms with Crippen LogP contribution in [0, 0.1) is 17.3 Å². The Labute approximate surface area is 116 Å². The van der Waals surface area contributed by atoms with E-state index in [0.29, 0.717) is 5.92 Å². The van der Waals surface area contributed by atoms with E-state index in [1.807, 2.05) is 0 Å². The van der Waals surface area contributed by atoms with Gasteiger partial charge in [-0.05, 0) is 43.6 Å². The monoisotopic (exact) mass is 268 g/mol. The van der Waals surface area contributed by atoms with Crippen molar-refractivity contribution in [1.29, 1.82) is 0 Å². The number of ether oxygens (including phenoxy) is 1. The number of nitrogens with one attached hydrogen (secondary N) is 2. The maximum atomic E-state index is 12.2. The Balaban J connectivity index is 1.77. The first-order valence-electron chi connectivity index (χ1n) is 7.66. The van der Waals surface area contributed by atoms with Gasteiger partial charge in [-0.25, -0.2) is 0 Å². The van der Waals surface area contributed by atoms with E-state index >= 15 is 0 Å². The van der Waals surface area contributed by atoms with Crippen LogP contribution in [0.15, 0.2) is 0 Å². The number of rotatable bonds is 4. The summed E-state index contributed by atoms with van der Waals surface area (Å²) in [5.74, 6) is 1.05. The largest absolute Gasteiger partial charge is 0.381 e. The van der Waals surface area contributed by atoms with Gasteiger partial charge in [0.05, 0.1) is 5.92 Å². The number of hydrogen-bond donors (Lipinski definition) is 2. The maximum absolute atomic E-state index is 12.2. The summed E-state index contributed by atoms with van der Waals surface area (Å²) in [7, 11) is 0. The minimum absolute atomic E-state index is 0.166. The summed E-state index contributed by atoms with van der Waals surface area (Å²) >= 11 is 0. The van der Waals surface area contributed by atoms with E-state index in [9.17, 15) is 4.79 Å². The van der Waals surface area contributed by atoms with Gasteiger partial charge >= 0.3 is 0 Å². The molecule has 0 aromatic heterocycles. The third kappa shape index (κ3) is 4.18. The molecule has 0 saturated carbocycles. The van der Waals surface area contributed by atoms with Gasteiger partial charge in [-0.3, -0.25) is 4.79 Å². The third-order valence-corrected chi connectivity index (χ3v) is 4.71. The lowest BCUT2D eigenvalue weighted by molar-refractivity contribution is -0.126. The predicted octanol–water partition coefficient (Wildman–Crippen LogP) is 1.55. The Bertz CT molecular complexity index is 293. The normalized spacial score (nSPS) is 26.1. The van der Waals surface area contributed by atoms with E-state index in [1.54, 1.807) is 0 Å². The van der Waals surface area contributed by atoms with Crippen molar-refractivity contribution in [3.63, 3.8) is 0 Å². The lowest BCUT2D eigenvalue weighted by Crippen LogP contribution is -2.45. The highest BCUT2D eigenvalue weighted by Crippen LogP contribution is 2.33. The summed E-state index contributed by atoms with van der Waals surface area (Å²) in [4.78, 5) is 12.2. The first-order valence-corrected chi connectivity index (χ1v) is 7.66. The van der Waals surface area contributed by atoms with Gasteiger partial charge in [0, 0.05) is 26.3 Å². The fourth-order valence-corrected chi connectivity index (χ4v) is 3.16. The first-order chi connectivity index (χ1) is 9.09. The standard InChI is InChI=1S/C15H28N2O2/c1-15(2,13-5-8-19-9-6-13)11-17-14(18)12-4-3-7-16-10-12/h12-13,16H,3-11H2,1-2H3,(H,17,18). The summed E-state index contributed by atoms with van der Waals surface area (Å²) in [6.07, 6.45) is 4.37. The van der Waals surface area contributed by atoms with Crippen molar-refractivity contribution in [1.82, 2.24) is 10.6 Å². The molecule has 0 bridgehead atoms. The van der Waals surface area contributed by atoms with Gasteiger partial charge in [0.2, 0.25) is 5.91 Å². The highest BCUT2D eigenvalue weighted by atomic mass is 16.5. The Hall–Kier alpha value is -0.610. The highest BCUT2D eigenvalue weighted by Gasteiger charge is 2.32. The minimum atomic E-state index is 0.166. The summed E-state index contributed by atoms with van der Waals surface area (Å²) in [5.41, 5.74) is 0.168. The van der Waals surface area contributed by atoms with E-state index in [-0.39, 0.29) is 17.2 Å². The van der Waals surface area contributed by atoms with Crippen LogP contribution in [0.2, 0.25) is 0 Å². The number of carbonyl (C=O) groups is 1. The van der Waals surface area contributed by atoms with Crippen LogP contribution in [0.25, 0.3) is 0 Å². The van der Waals surface area contributed by atoms with E-state index in [0.717, 1.165) is 58.5 Å². The van der Waals surface area contributed by atoms with Crippen molar-refractivity contribution >= 4 is 5.91 Å². The van der Waals surface area contributed by atoms with E-state index in [2.05, 4.69) is 24.5 Å². The molecule has 1 unspecified atom stereocenters. The molecule has 2 aliphatic rings. The molecule has 0 aromatic rings. The summed E-state index contributed by atoms with van der Waals surface area (Å²) in [5, 5.41) is 6.47. The average molecular weight is 268 g/mol. The fraction of sp³-hybridized carbons (Fsp3) is 0.933. The number of piperidine rings is 1. The van der Waals surface area contributed by atoms with Crippen molar-refractivity contribution < 1.29 is 9.53 Å². The van der Waals surface area contributed by atoms with Crippen LogP contribution < -0.4 is 10.6 Å². The van der Waals surface area contributed by atoms with E-state index in [4.69, 9.17) is 4.74 Å². The molecule has 0 aliphatic carbocycles. The second-order valence-corrected chi connectivity index (χ2v) is 6.64. The second kappa shape index (κ2) is 6.71. The molecule has 1 atom stereocenters. The van der Waals surface area contributed by atoms with Crippen LogP contribution in [-0.4, -0.2) is 38.8 Å².